The molecular weight excluding hydrogens is 356 g/mol. The summed E-state index contributed by atoms with van der Waals surface area (Å²) in [6, 6.07) is 14.1. The van der Waals surface area contributed by atoms with E-state index in [1.807, 2.05) is 41.9 Å². The van der Waals surface area contributed by atoms with Crippen molar-refractivity contribution >= 4 is 17.2 Å². The minimum Gasteiger partial charge on any atom is -0.351 e. The highest BCUT2D eigenvalue weighted by molar-refractivity contribution is 7.12. The average molecular weight is 381 g/mol. The molecule has 2 N–H and O–H groups in total. The van der Waals surface area contributed by atoms with Crippen LogP contribution in [0.3, 0.4) is 0 Å². The van der Waals surface area contributed by atoms with Crippen LogP contribution in [-0.2, 0) is 6.54 Å². The zero-order valence-electron chi connectivity index (χ0n) is 15.2. The van der Waals surface area contributed by atoms with Gasteiger partial charge >= 0.3 is 0 Å². The first-order valence-corrected chi connectivity index (χ1v) is 10.3. The standard InChI is InChI=1S/C21H24N4OS/c26-21(19-9-5-11-27-19)22-12-16-6-4-10-25(14-16)15-18-13-23-24-20(18)17-7-2-1-3-8-17/h1-3,5,7-9,11,13,16H,4,6,10,12,14-15H2,(H,22,26)(H,23,24)/t16-/m0/s1. The Balaban J connectivity index is 1.34. The summed E-state index contributed by atoms with van der Waals surface area (Å²) in [4.78, 5) is 15.4. The quantitative estimate of drug-likeness (QED) is 0.684. The van der Waals surface area contributed by atoms with E-state index >= 15 is 0 Å². The topological polar surface area (TPSA) is 61.0 Å². The Kier molecular flexibility index (Phi) is 5.65. The lowest BCUT2D eigenvalue weighted by molar-refractivity contribution is 0.0934. The van der Waals surface area contributed by atoms with Crippen molar-refractivity contribution in [1.82, 2.24) is 20.4 Å². The van der Waals surface area contributed by atoms with Gasteiger partial charge in [-0.25, -0.2) is 0 Å². The summed E-state index contributed by atoms with van der Waals surface area (Å²) in [6.07, 6.45) is 4.26. The molecule has 27 heavy (non-hydrogen) atoms. The van der Waals surface area contributed by atoms with Crippen molar-refractivity contribution in [2.75, 3.05) is 19.6 Å². The minimum absolute atomic E-state index is 0.0447. The molecule has 1 amide bonds. The molecule has 0 radical (unpaired) electrons. The Labute approximate surface area is 163 Å². The van der Waals surface area contributed by atoms with Crippen LogP contribution >= 0.6 is 11.3 Å². The first kappa shape index (κ1) is 17.9. The maximum atomic E-state index is 12.2. The first-order chi connectivity index (χ1) is 13.3. The molecule has 3 heterocycles. The van der Waals surface area contributed by atoms with E-state index in [0.717, 1.165) is 49.6 Å². The monoisotopic (exact) mass is 380 g/mol. The molecule has 0 bridgehead atoms. The molecule has 0 saturated carbocycles. The molecule has 1 aromatic carbocycles. The van der Waals surface area contributed by atoms with Crippen molar-refractivity contribution in [3.05, 3.63) is 64.5 Å². The van der Waals surface area contributed by atoms with Crippen LogP contribution in [0.25, 0.3) is 11.3 Å². The Morgan fingerprint density at radius 2 is 2.15 bits per heavy atom. The lowest BCUT2D eigenvalue weighted by atomic mass is 9.97. The predicted octanol–water partition coefficient (Wildman–Crippen LogP) is 3.78. The van der Waals surface area contributed by atoms with Crippen molar-refractivity contribution in [2.24, 2.45) is 5.92 Å². The van der Waals surface area contributed by atoms with E-state index in [4.69, 9.17) is 0 Å². The number of thiophene rings is 1. The highest BCUT2D eigenvalue weighted by atomic mass is 32.1. The molecule has 1 aliphatic rings. The van der Waals surface area contributed by atoms with Crippen LogP contribution in [0.5, 0.6) is 0 Å². The highest BCUT2D eigenvalue weighted by Gasteiger charge is 2.22. The summed E-state index contributed by atoms with van der Waals surface area (Å²) in [5.74, 6) is 0.540. The second-order valence-electron chi connectivity index (χ2n) is 7.07. The van der Waals surface area contributed by atoms with Gasteiger partial charge in [-0.2, -0.15) is 5.10 Å². The maximum absolute atomic E-state index is 12.2. The number of carbonyl (C=O) groups excluding carboxylic acids is 1. The Bertz CT molecular complexity index is 859. The Hall–Kier alpha value is -2.44. The molecule has 4 rings (SSSR count). The zero-order valence-corrected chi connectivity index (χ0v) is 16.0. The molecule has 2 aromatic heterocycles. The SMILES string of the molecule is O=C(NC[C@@H]1CCCN(Cc2cn[nH]c2-c2ccccc2)C1)c1cccs1. The second kappa shape index (κ2) is 8.50. The van der Waals surface area contributed by atoms with Gasteiger partial charge in [0, 0.05) is 25.2 Å². The van der Waals surface area contributed by atoms with E-state index in [-0.39, 0.29) is 5.91 Å². The molecule has 3 aromatic rings. The fourth-order valence-electron chi connectivity index (χ4n) is 3.72. The zero-order chi connectivity index (χ0) is 18.5. The van der Waals surface area contributed by atoms with E-state index in [1.165, 1.54) is 22.5 Å². The molecule has 0 aliphatic carbocycles. The number of carbonyl (C=O) groups is 1. The predicted molar refractivity (Wildman–Crippen MR) is 109 cm³/mol. The molecule has 0 spiro atoms. The lowest BCUT2D eigenvalue weighted by Crippen LogP contribution is -2.40. The van der Waals surface area contributed by atoms with Gasteiger partial charge in [-0.15, -0.1) is 11.3 Å². The molecule has 1 saturated heterocycles. The van der Waals surface area contributed by atoms with Crippen LogP contribution in [0.15, 0.2) is 54.0 Å². The number of rotatable bonds is 6. The average Bonchev–Trinajstić information content (AvgIpc) is 3.39. The molecule has 0 unspecified atom stereocenters. The number of hydrogen-bond acceptors (Lipinski definition) is 4. The lowest BCUT2D eigenvalue weighted by Gasteiger charge is -2.32. The van der Waals surface area contributed by atoms with E-state index in [1.54, 1.807) is 0 Å². The molecular formula is C21H24N4OS. The minimum atomic E-state index is 0.0447. The highest BCUT2D eigenvalue weighted by Crippen LogP contribution is 2.24. The van der Waals surface area contributed by atoms with Crippen molar-refractivity contribution in [3.63, 3.8) is 0 Å². The molecule has 5 nitrogen and oxygen atoms in total. The number of nitrogens with zero attached hydrogens (tertiary/aromatic N) is 2. The maximum Gasteiger partial charge on any atom is 0.261 e. The van der Waals surface area contributed by atoms with Crippen LogP contribution in [-0.4, -0.2) is 40.6 Å². The van der Waals surface area contributed by atoms with Gasteiger partial charge in [0.1, 0.15) is 0 Å². The summed E-state index contributed by atoms with van der Waals surface area (Å²) in [7, 11) is 0. The Morgan fingerprint density at radius 3 is 2.96 bits per heavy atom. The summed E-state index contributed by atoms with van der Waals surface area (Å²) < 4.78 is 0. The summed E-state index contributed by atoms with van der Waals surface area (Å²) >= 11 is 1.49. The van der Waals surface area contributed by atoms with Crippen LogP contribution in [0.2, 0.25) is 0 Å². The third kappa shape index (κ3) is 4.46. The van der Waals surface area contributed by atoms with Crippen LogP contribution in [0.4, 0.5) is 0 Å². The second-order valence-corrected chi connectivity index (χ2v) is 8.01. The van der Waals surface area contributed by atoms with Crippen molar-refractivity contribution in [2.45, 2.75) is 19.4 Å². The number of benzene rings is 1. The number of hydrogen-bond donors (Lipinski definition) is 2. The van der Waals surface area contributed by atoms with Gasteiger partial charge in [-0.3, -0.25) is 14.8 Å². The van der Waals surface area contributed by atoms with Gasteiger partial charge < -0.3 is 5.32 Å². The number of aromatic nitrogens is 2. The summed E-state index contributed by atoms with van der Waals surface area (Å²) in [5, 5.41) is 12.4. The van der Waals surface area contributed by atoms with Crippen molar-refractivity contribution in [3.8, 4) is 11.3 Å². The normalized spacial score (nSPS) is 17.7. The van der Waals surface area contributed by atoms with Gasteiger partial charge in [0.05, 0.1) is 16.8 Å². The summed E-state index contributed by atoms with van der Waals surface area (Å²) in [6.45, 7) is 3.72. The Morgan fingerprint density at radius 1 is 1.26 bits per heavy atom. The number of nitrogens with one attached hydrogen (secondary N) is 2. The van der Waals surface area contributed by atoms with Crippen LogP contribution < -0.4 is 5.32 Å². The summed E-state index contributed by atoms with van der Waals surface area (Å²) in [5.41, 5.74) is 3.50. The fourth-order valence-corrected chi connectivity index (χ4v) is 4.36. The van der Waals surface area contributed by atoms with Gasteiger partial charge in [0.2, 0.25) is 0 Å². The third-order valence-corrected chi connectivity index (χ3v) is 5.94. The van der Waals surface area contributed by atoms with Gasteiger partial charge in [0.25, 0.3) is 5.91 Å². The van der Waals surface area contributed by atoms with Crippen molar-refractivity contribution in [1.29, 1.82) is 0 Å². The third-order valence-electron chi connectivity index (χ3n) is 5.07. The van der Waals surface area contributed by atoms with E-state index in [2.05, 4.69) is 32.5 Å². The molecule has 140 valence electrons. The number of aromatic amines is 1. The van der Waals surface area contributed by atoms with E-state index in [9.17, 15) is 4.79 Å². The largest absolute Gasteiger partial charge is 0.351 e. The molecule has 1 aliphatic heterocycles. The molecule has 6 heteroatoms. The van der Waals surface area contributed by atoms with Crippen LogP contribution in [0.1, 0.15) is 28.1 Å². The fraction of sp³-hybridized carbons (Fsp3) is 0.333. The van der Waals surface area contributed by atoms with E-state index in [0.29, 0.717) is 5.92 Å². The van der Waals surface area contributed by atoms with Gasteiger partial charge in [0.15, 0.2) is 0 Å². The van der Waals surface area contributed by atoms with Gasteiger partial charge in [-0.05, 0) is 42.3 Å². The first-order valence-electron chi connectivity index (χ1n) is 9.41. The van der Waals surface area contributed by atoms with Crippen LogP contribution in [0, 0.1) is 5.92 Å². The van der Waals surface area contributed by atoms with Crippen molar-refractivity contribution < 1.29 is 4.79 Å². The molecule has 1 fully saturated rings. The number of likely N-dealkylation sites (tertiary alicyclic amines) is 1. The number of H-pyrrole nitrogens is 1. The number of piperidine rings is 1. The molecule has 1 atom stereocenters. The van der Waals surface area contributed by atoms with E-state index < -0.39 is 0 Å². The van der Waals surface area contributed by atoms with Gasteiger partial charge in [-0.1, -0.05) is 36.4 Å². The smallest absolute Gasteiger partial charge is 0.261 e. The number of amides is 1.